The molecule has 7 nitrogen and oxygen atoms in total. The van der Waals surface area contributed by atoms with Crippen molar-refractivity contribution in [2.24, 2.45) is 0 Å². The third kappa shape index (κ3) is 2.88. The summed E-state index contributed by atoms with van der Waals surface area (Å²) in [5.41, 5.74) is -0.684. The van der Waals surface area contributed by atoms with Crippen LogP contribution in [0.3, 0.4) is 0 Å². The molecule has 0 saturated carbocycles. The number of hydrogen-bond donors (Lipinski definition) is 0. The van der Waals surface area contributed by atoms with E-state index in [0.29, 0.717) is 13.2 Å². The van der Waals surface area contributed by atoms with Gasteiger partial charge in [0.15, 0.2) is 0 Å². The molecule has 112 valence electrons. The first-order chi connectivity index (χ1) is 8.83. The van der Waals surface area contributed by atoms with Crippen LogP contribution in [0.25, 0.3) is 0 Å². The number of hydroxylamine groups is 2. The fraction of sp³-hybridized carbons (Fsp3) is 1.00. The van der Waals surface area contributed by atoms with Crippen molar-refractivity contribution < 1.29 is 27.9 Å². The SMILES string of the molecule is COC[C@@]12CN(C)O[C@H]([C@H](C)O1)[C@H]2OP(C)(=O)OC. The molecule has 2 aliphatic rings. The smallest absolute Gasteiger partial charge is 0.327 e. The molecule has 2 saturated heterocycles. The Balaban J connectivity index is 2.27. The third-order valence-electron chi connectivity index (χ3n) is 3.52. The zero-order chi connectivity index (χ0) is 14.3. The minimum absolute atomic E-state index is 0.165. The molecule has 5 atom stereocenters. The van der Waals surface area contributed by atoms with Crippen molar-refractivity contribution in [2.45, 2.75) is 30.8 Å². The molecule has 0 aliphatic carbocycles. The Morgan fingerprint density at radius 1 is 1.47 bits per heavy atom. The molecule has 0 radical (unpaired) electrons. The van der Waals surface area contributed by atoms with Crippen LogP contribution in [-0.2, 0) is 27.9 Å². The first kappa shape index (κ1) is 15.4. The van der Waals surface area contributed by atoms with Crippen LogP contribution in [0.2, 0.25) is 0 Å². The van der Waals surface area contributed by atoms with E-state index < -0.39 is 19.3 Å². The summed E-state index contributed by atoms with van der Waals surface area (Å²) in [5.74, 6) is 0. The first-order valence-corrected chi connectivity index (χ1v) is 8.19. The molecule has 2 fully saturated rings. The molecular weight excluding hydrogens is 273 g/mol. The monoisotopic (exact) mass is 295 g/mol. The van der Waals surface area contributed by atoms with Crippen LogP contribution in [0.5, 0.6) is 0 Å². The summed E-state index contributed by atoms with van der Waals surface area (Å²) < 4.78 is 33.9. The van der Waals surface area contributed by atoms with E-state index in [9.17, 15) is 4.57 Å². The normalized spacial score (nSPS) is 42.3. The van der Waals surface area contributed by atoms with Crippen LogP contribution in [-0.4, -0.2) is 70.1 Å². The van der Waals surface area contributed by atoms with Crippen molar-refractivity contribution in [3.8, 4) is 0 Å². The highest BCUT2D eigenvalue weighted by Gasteiger charge is 2.61. The van der Waals surface area contributed by atoms with E-state index in [4.69, 9.17) is 23.4 Å². The lowest BCUT2D eigenvalue weighted by Gasteiger charge is -2.42. The molecule has 19 heavy (non-hydrogen) atoms. The van der Waals surface area contributed by atoms with Crippen LogP contribution in [0, 0.1) is 0 Å². The first-order valence-electron chi connectivity index (χ1n) is 6.20. The second kappa shape index (κ2) is 5.41. The standard InChI is InChI=1S/C11H22NO6P/c1-8-9-10(18-19(5,13)15-4)11(16-8,7-14-3)6-12(2)17-9/h8-10H,6-7H2,1-5H3/t8-,9+,10+,11+,19?/m0/s1. The Bertz CT molecular complexity index is 376. The van der Waals surface area contributed by atoms with Gasteiger partial charge in [-0.25, -0.2) is 0 Å². The molecular formula is C11H22NO6P. The number of hydrogen-bond acceptors (Lipinski definition) is 7. The molecule has 0 spiro atoms. The van der Waals surface area contributed by atoms with E-state index in [2.05, 4.69) is 0 Å². The molecule has 0 N–H and O–H groups in total. The van der Waals surface area contributed by atoms with E-state index >= 15 is 0 Å². The van der Waals surface area contributed by atoms with Crippen molar-refractivity contribution in [2.75, 3.05) is 41.1 Å². The lowest BCUT2D eigenvalue weighted by Crippen LogP contribution is -2.59. The Morgan fingerprint density at radius 3 is 2.74 bits per heavy atom. The maximum absolute atomic E-state index is 12.1. The zero-order valence-electron chi connectivity index (χ0n) is 12.0. The predicted molar refractivity (Wildman–Crippen MR) is 68.1 cm³/mol. The fourth-order valence-corrected chi connectivity index (χ4v) is 3.56. The summed E-state index contributed by atoms with van der Waals surface area (Å²) >= 11 is 0. The summed E-state index contributed by atoms with van der Waals surface area (Å²) in [7, 11) is 1.68. The van der Waals surface area contributed by atoms with Gasteiger partial charge < -0.3 is 14.0 Å². The van der Waals surface area contributed by atoms with E-state index in [0.717, 1.165) is 0 Å². The van der Waals surface area contributed by atoms with Gasteiger partial charge in [-0.1, -0.05) is 0 Å². The summed E-state index contributed by atoms with van der Waals surface area (Å²) in [5, 5.41) is 1.71. The Labute approximate surface area is 113 Å². The summed E-state index contributed by atoms with van der Waals surface area (Å²) in [6.07, 6.45) is -0.964. The molecule has 2 heterocycles. The van der Waals surface area contributed by atoms with Crippen LogP contribution >= 0.6 is 7.60 Å². The van der Waals surface area contributed by atoms with Gasteiger partial charge in [0, 0.05) is 27.9 Å². The lowest BCUT2D eigenvalue weighted by atomic mass is 9.94. The highest BCUT2D eigenvalue weighted by atomic mass is 31.2. The topological polar surface area (TPSA) is 66.5 Å². The Kier molecular flexibility index (Phi) is 4.38. The third-order valence-corrected chi connectivity index (χ3v) is 4.79. The van der Waals surface area contributed by atoms with E-state index in [-0.39, 0.29) is 12.2 Å². The Hall–Kier alpha value is -0.0100. The van der Waals surface area contributed by atoms with Gasteiger partial charge >= 0.3 is 7.60 Å². The van der Waals surface area contributed by atoms with Gasteiger partial charge in [-0.3, -0.25) is 13.9 Å². The molecule has 0 aromatic heterocycles. The van der Waals surface area contributed by atoms with Crippen molar-refractivity contribution in [3.63, 3.8) is 0 Å². The average Bonchev–Trinajstić information content (AvgIpc) is 2.47. The van der Waals surface area contributed by atoms with Gasteiger partial charge in [0.05, 0.1) is 19.3 Å². The van der Waals surface area contributed by atoms with Crippen molar-refractivity contribution in [1.82, 2.24) is 5.06 Å². The summed E-state index contributed by atoms with van der Waals surface area (Å²) in [6, 6.07) is 0. The van der Waals surface area contributed by atoms with Gasteiger partial charge in [-0.05, 0) is 6.92 Å². The zero-order valence-corrected chi connectivity index (χ0v) is 12.9. The molecule has 0 amide bonds. The van der Waals surface area contributed by atoms with Crippen molar-refractivity contribution in [3.05, 3.63) is 0 Å². The molecule has 2 rings (SSSR count). The maximum Gasteiger partial charge on any atom is 0.327 e. The van der Waals surface area contributed by atoms with Gasteiger partial charge in [0.2, 0.25) is 0 Å². The highest BCUT2D eigenvalue weighted by molar-refractivity contribution is 7.52. The number of nitrogens with zero attached hydrogens (tertiary/aromatic N) is 1. The maximum atomic E-state index is 12.1. The minimum Gasteiger partial charge on any atom is -0.382 e. The summed E-state index contributed by atoms with van der Waals surface area (Å²) in [4.78, 5) is 5.71. The number of ether oxygens (including phenoxy) is 2. The van der Waals surface area contributed by atoms with Crippen LogP contribution in [0.4, 0.5) is 0 Å². The summed E-state index contributed by atoms with van der Waals surface area (Å²) in [6.45, 7) is 4.17. The van der Waals surface area contributed by atoms with Gasteiger partial charge in [-0.15, -0.1) is 0 Å². The number of rotatable bonds is 5. The highest BCUT2D eigenvalue weighted by Crippen LogP contribution is 2.51. The molecule has 0 aromatic rings. The number of methoxy groups -OCH3 is 1. The fourth-order valence-electron chi connectivity index (χ4n) is 2.75. The van der Waals surface area contributed by atoms with Crippen molar-refractivity contribution in [1.29, 1.82) is 0 Å². The van der Waals surface area contributed by atoms with E-state index in [1.807, 2.05) is 14.0 Å². The van der Waals surface area contributed by atoms with Crippen LogP contribution in [0.15, 0.2) is 0 Å². The van der Waals surface area contributed by atoms with Gasteiger partial charge in [-0.2, -0.15) is 5.06 Å². The van der Waals surface area contributed by atoms with Gasteiger partial charge in [0.25, 0.3) is 0 Å². The van der Waals surface area contributed by atoms with Crippen molar-refractivity contribution >= 4 is 7.60 Å². The molecule has 2 bridgehead atoms. The van der Waals surface area contributed by atoms with E-state index in [1.54, 1.807) is 12.2 Å². The molecule has 1 unspecified atom stereocenters. The minimum atomic E-state index is -3.12. The average molecular weight is 295 g/mol. The molecule has 2 aliphatic heterocycles. The Morgan fingerprint density at radius 2 is 2.16 bits per heavy atom. The quantitative estimate of drug-likeness (QED) is 0.698. The molecule has 8 heteroatoms. The largest absolute Gasteiger partial charge is 0.382 e. The number of fused-ring (bicyclic) bond motifs is 2. The van der Waals surface area contributed by atoms with E-state index in [1.165, 1.54) is 13.8 Å². The van der Waals surface area contributed by atoms with Crippen LogP contribution in [0.1, 0.15) is 6.92 Å². The van der Waals surface area contributed by atoms with Gasteiger partial charge in [0.1, 0.15) is 17.8 Å². The second-order valence-corrected chi connectivity index (χ2v) is 7.28. The van der Waals surface area contributed by atoms with Crippen LogP contribution < -0.4 is 0 Å². The number of likely N-dealkylation sites (N-methyl/N-ethyl adjacent to an activating group) is 1. The predicted octanol–water partition coefficient (Wildman–Crippen LogP) is 0.890. The molecule has 0 aromatic carbocycles. The second-order valence-electron chi connectivity index (χ2n) is 5.16. The lowest BCUT2D eigenvalue weighted by molar-refractivity contribution is -0.252.